The highest BCUT2D eigenvalue weighted by molar-refractivity contribution is 8.00. The minimum atomic E-state index is -0.523. The minimum absolute atomic E-state index is 0.153. The number of aromatic nitrogens is 3. The maximum absolute atomic E-state index is 13.4. The van der Waals surface area contributed by atoms with Crippen molar-refractivity contribution < 1.29 is 28.6 Å². The molecule has 0 radical (unpaired) electrons. The van der Waals surface area contributed by atoms with Gasteiger partial charge in [-0.3, -0.25) is 9.59 Å². The van der Waals surface area contributed by atoms with Gasteiger partial charge in [0.1, 0.15) is 16.5 Å². The van der Waals surface area contributed by atoms with Gasteiger partial charge in [0.25, 0.3) is 5.91 Å². The summed E-state index contributed by atoms with van der Waals surface area (Å²) in [5.74, 6) is 0.678. The fourth-order valence-corrected chi connectivity index (χ4v) is 6.95. The van der Waals surface area contributed by atoms with Gasteiger partial charge in [0, 0.05) is 23.1 Å². The van der Waals surface area contributed by atoms with Crippen molar-refractivity contribution in [3.05, 3.63) is 45.6 Å². The number of thiophene rings is 1. The number of nitrogens with zero attached hydrogens (tertiary/aromatic N) is 3. The van der Waals surface area contributed by atoms with Crippen LogP contribution in [0.2, 0.25) is 0 Å². The Morgan fingerprint density at radius 2 is 1.79 bits per heavy atom. The number of ether oxygens (including phenoxy) is 3. The second-order valence-corrected chi connectivity index (χ2v) is 12.5. The van der Waals surface area contributed by atoms with E-state index in [-0.39, 0.29) is 25.0 Å². The molecular formula is C30H39N5O6S2. The first-order chi connectivity index (χ1) is 20.8. The van der Waals surface area contributed by atoms with E-state index in [0.29, 0.717) is 45.2 Å². The Balaban J connectivity index is 1.47. The van der Waals surface area contributed by atoms with Crippen LogP contribution in [0.15, 0.2) is 23.4 Å². The van der Waals surface area contributed by atoms with Gasteiger partial charge in [0.05, 0.1) is 38.2 Å². The maximum atomic E-state index is 13.4. The normalized spacial score (nSPS) is 13.1. The highest BCUT2D eigenvalue weighted by Crippen LogP contribution is 2.39. The van der Waals surface area contributed by atoms with Crippen LogP contribution in [0, 0.1) is 0 Å². The van der Waals surface area contributed by atoms with Crippen LogP contribution in [-0.4, -0.2) is 58.6 Å². The van der Waals surface area contributed by atoms with Crippen LogP contribution in [-0.2, 0) is 35.5 Å². The summed E-state index contributed by atoms with van der Waals surface area (Å²) >= 11 is 2.76. The fourth-order valence-electron chi connectivity index (χ4n) is 4.78. The average molecular weight is 630 g/mol. The summed E-state index contributed by atoms with van der Waals surface area (Å²) in [6.45, 7) is 6.73. The van der Waals surface area contributed by atoms with E-state index in [0.717, 1.165) is 49.0 Å². The molecule has 0 spiro atoms. The van der Waals surface area contributed by atoms with E-state index in [2.05, 4.69) is 27.8 Å². The molecule has 43 heavy (non-hydrogen) atoms. The van der Waals surface area contributed by atoms with E-state index in [4.69, 9.17) is 14.2 Å². The first-order valence-electron chi connectivity index (χ1n) is 14.5. The molecule has 11 nitrogen and oxygen atoms in total. The molecule has 1 aromatic carbocycles. The number of nitrogens with one attached hydrogen (secondary N) is 2. The Kier molecular flexibility index (Phi) is 11.5. The van der Waals surface area contributed by atoms with Gasteiger partial charge in [0.2, 0.25) is 5.91 Å². The first kappa shape index (κ1) is 32.3. The number of thioether (sulfide) groups is 1. The molecule has 0 unspecified atom stereocenters. The molecule has 13 heteroatoms. The molecule has 3 aromatic rings. The number of benzene rings is 1. The third kappa shape index (κ3) is 7.88. The third-order valence-electron chi connectivity index (χ3n) is 7.09. The lowest BCUT2D eigenvalue weighted by Gasteiger charge is -2.14. The van der Waals surface area contributed by atoms with Crippen LogP contribution >= 0.6 is 23.1 Å². The lowest BCUT2D eigenvalue weighted by molar-refractivity contribution is -0.115. The molecule has 2 amide bonds. The predicted octanol–water partition coefficient (Wildman–Crippen LogP) is 5.26. The SMILES string of the molecule is CCCCn1c(CNC(=O)c2cc(OC)cc(OC)c2)nnc1S[C@H](C)C(=O)Nc1sc2c(c1C(=O)OCC)CCCC2. The molecule has 1 aliphatic rings. The van der Waals surface area contributed by atoms with Gasteiger partial charge < -0.3 is 29.4 Å². The summed E-state index contributed by atoms with van der Waals surface area (Å²) in [6.07, 6.45) is 5.62. The van der Waals surface area contributed by atoms with Crippen molar-refractivity contribution in [1.82, 2.24) is 20.1 Å². The molecule has 0 saturated heterocycles. The second-order valence-electron chi connectivity index (χ2n) is 10.1. The topological polar surface area (TPSA) is 134 Å². The van der Waals surface area contributed by atoms with Gasteiger partial charge in [-0.1, -0.05) is 25.1 Å². The summed E-state index contributed by atoms with van der Waals surface area (Å²) in [5, 5.41) is 15.2. The van der Waals surface area contributed by atoms with Crippen molar-refractivity contribution in [3.63, 3.8) is 0 Å². The quantitative estimate of drug-likeness (QED) is 0.181. The van der Waals surface area contributed by atoms with Gasteiger partial charge in [0.15, 0.2) is 11.0 Å². The Morgan fingerprint density at radius 3 is 2.47 bits per heavy atom. The van der Waals surface area contributed by atoms with Gasteiger partial charge in [-0.25, -0.2) is 4.79 Å². The van der Waals surface area contributed by atoms with E-state index in [9.17, 15) is 14.4 Å². The molecular weight excluding hydrogens is 590 g/mol. The molecule has 1 atom stereocenters. The number of esters is 1. The third-order valence-corrected chi connectivity index (χ3v) is 9.38. The van der Waals surface area contributed by atoms with Gasteiger partial charge in [-0.2, -0.15) is 0 Å². The Morgan fingerprint density at radius 1 is 1.07 bits per heavy atom. The number of carbonyl (C=O) groups is 3. The number of unbranched alkanes of at least 4 members (excludes halogenated alkanes) is 1. The average Bonchev–Trinajstić information content (AvgIpc) is 3.58. The number of anilines is 1. The van der Waals surface area contributed by atoms with Crippen LogP contribution in [0.5, 0.6) is 11.5 Å². The summed E-state index contributed by atoms with van der Waals surface area (Å²) in [7, 11) is 3.06. The van der Waals surface area contributed by atoms with Crippen molar-refractivity contribution in [1.29, 1.82) is 0 Å². The Bertz CT molecular complexity index is 1430. The zero-order valence-corrected chi connectivity index (χ0v) is 26.9. The number of aryl methyl sites for hydroxylation is 1. The molecule has 1 aliphatic carbocycles. The van der Waals surface area contributed by atoms with Gasteiger partial charge in [-0.15, -0.1) is 21.5 Å². The van der Waals surface area contributed by atoms with Crippen molar-refractivity contribution >= 4 is 45.9 Å². The molecule has 0 aliphatic heterocycles. The lowest BCUT2D eigenvalue weighted by Crippen LogP contribution is -2.25. The smallest absolute Gasteiger partial charge is 0.341 e. The van der Waals surface area contributed by atoms with Gasteiger partial charge in [-0.05, 0) is 63.6 Å². The Hall–Kier alpha value is -3.58. The largest absolute Gasteiger partial charge is 0.497 e. The van der Waals surface area contributed by atoms with Crippen LogP contribution in [0.4, 0.5) is 5.00 Å². The summed E-state index contributed by atoms with van der Waals surface area (Å²) in [5.41, 5.74) is 1.89. The maximum Gasteiger partial charge on any atom is 0.341 e. The second kappa shape index (κ2) is 15.2. The standard InChI is InChI=1S/C30H39N5O6S2/c1-6-8-13-35-24(17-31-27(37)19-14-20(39-4)16-21(15-19)40-5)33-34-30(35)42-18(3)26(36)32-28-25(29(38)41-7-2)22-11-9-10-12-23(22)43-28/h14-16,18H,6-13,17H2,1-5H3,(H,31,37)(H,32,36)/t18-/m1/s1. The number of fused-ring (bicyclic) bond motifs is 1. The molecule has 2 heterocycles. The highest BCUT2D eigenvalue weighted by atomic mass is 32.2. The summed E-state index contributed by atoms with van der Waals surface area (Å²) < 4.78 is 17.8. The fraction of sp³-hybridized carbons (Fsp3) is 0.500. The number of amides is 2. The molecule has 0 saturated carbocycles. The minimum Gasteiger partial charge on any atom is -0.497 e. The van der Waals surface area contributed by atoms with E-state index in [1.807, 2.05) is 4.57 Å². The van der Waals surface area contributed by atoms with Crippen molar-refractivity contribution in [2.45, 2.75) is 82.8 Å². The van der Waals surface area contributed by atoms with Crippen LogP contribution in [0.3, 0.4) is 0 Å². The predicted molar refractivity (Wildman–Crippen MR) is 167 cm³/mol. The monoisotopic (exact) mass is 629 g/mol. The van der Waals surface area contributed by atoms with Crippen molar-refractivity contribution in [3.8, 4) is 11.5 Å². The molecule has 0 fully saturated rings. The zero-order valence-electron chi connectivity index (χ0n) is 25.3. The molecule has 0 bridgehead atoms. The number of rotatable bonds is 14. The Labute approximate surface area is 260 Å². The number of carbonyl (C=O) groups excluding carboxylic acids is 3. The van der Waals surface area contributed by atoms with E-state index in [1.54, 1.807) is 32.0 Å². The highest BCUT2D eigenvalue weighted by Gasteiger charge is 2.29. The number of hydrogen-bond acceptors (Lipinski definition) is 10. The van der Waals surface area contributed by atoms with E-state index < -0.39 is 11.2 Å². The molecule has 232 valence electrons. The summed E-state index contributed by atoms with van der Waals surface area (Å²) in [6, 6.07) is 4.97. The number of hydrogen-bond donors (Lipinski definition) is 2. The number of methoxy groups -OCH3 is 2. The van der Waals surface area contributed by atoms with Crippen LogP contribution < -0.4 is 20.1 Å². The van der Waals surface area contributed by atoms with Crippen molar-refractivity contribution in [2.24, 2.45) is 0 Å². The lowest BCUT2D eigenvalue weighted by atomic mass is 9.95. The van der Waals surface area contributed by atoms with Crippen molar-refractivity contribution in [2.75, 3.05) is 26.1 Å². The van der Waals surface area contributed by atoms with Gasteiger partial charge >= 0.3 is 5.97 Å². The molecule has 2 aromatic heterocycles. The van der Waals surface area contributed by atoms with Crippen LogP contribution in [0.25, 0.3) is 0 Å². The van der Waals surface area contributed by atoms with Crippen LogP contribution in [0.1, 0.15) is 83.4 Å². The molecule has 4 rings (SSSR count). The van der Waals surface area contributed by atoms with E-state index >= 15 is 0 Å². The summed E-state index contributed by atoms with van der Waals surface area (Å²) in [4.78, 5) is 40.3. The zero-order chi connectivity index (χ0) is 30.9. The first-order valence-corrected chi connectivity index (χ1v) is 16.2. The van der Waals surface area contributed by atoms with E-state index in [1.165, 1.54) is 37.3 Å². The molecule has 2 N–H and O–H groups in total.